The molecule has 0 saturated carbocycles. The van der Waals surface area contributed by atoms with Crippen LogP contribution in [0.3, 0.4) is 0 Å². The first-order valence-corrected chi connectivity index (χ1v) is 11.4. The third-order valence-electron chi connectivity index (χ3n) is 6.41. The van der Waals surface area contributed by atoms with Crippen molar-refractivity contribution in [2.24, 2.45) is 0 Å². The van der Waals surface area contributed by atoms with Gasteiger partial charge in [-0.25, -0.2) is 13.8 Å². The number of aromatic nitrogens is 2. The van der Waals surface area contributed by atoms with Crippen LogP contribution in [0.25, 0.3) is 22.2 Å². The van der Waals surface area contributed by atoms with Gasteiger partial charge in [-0.3, -0.25) is 9.78 Å². The van der Waals surface area contributed by atoms with Gasteiger partial charge in [0, 0.05) is 30.4 Å². The Bertz CT molecular complexity index is 1390. The van der Waals surface area contributed by atoms with Crippen LogP contribution in [0.15, 0.2) is 66.9 Å². The van der Waals surface area contributed by atoms with E-state index in [1.54, 1.807) is 42.6 Å². The zero-order valence-corrected chi connectivity index (χ0v) is 19.5. The van der Waals surface area contributed by atoms with Crippen molar-refractivity contribution in [2.45, 2.75) is 12.5 Å². The van der Waals surface area contributed by atoms with Crippen LogP contribution in [0.5, 0.6) is 0 Å². The van der Waals surface area contributed by atoms with Crippen LogP contribution in [0, 0.1) is 11.6 Å². The molecule has 35 heavy (non-hydrogen) atoms. The molecular weight excluding hydrogens is 448 g/mol. The topological polar surface area (TPSA) is 61.4 Å². The summed E-state index contributed by atoms with van der Waals surface area (Å²) in [6.45, 7) is 1.88. The average Bonchev–Trinajstić information content (AvgIpc) is 3.36. The number of nitrogens with one attached hydrogen (secondary N) is 1. The minimum absolute atomic E-state index is 0.280. The summed E-state index contributed by atoms with van der Waals surface area (Å²) in [5.41, 5.74) is 3.75. The van der Waals surface area contributed by atoms with Crippen LogP contribution in [-0.4, -0.2) is 54.0 Å². The number of benzene rings is 3. The molecule has 0 spiro atoms. The van der Waals surface area contributed by atoms with Crippen molar-refractivity contribution in [1.29, 1.82) is 0 Å². The lowest BCUT2D eigenvalue weighted by atomic mass is 10.0. The molecule has 6 nitrogen and oxygen atoms in total. The fourth-order valence-corrected chi connectivity index (χ4v) is 4.30. The van der Waals surface area contributed by atoms with Gasteiger partial charge >= 0.3 is 0 Å². The van der Waals surface area contributed by atoms with Gasteiger partial charge in [-0.2, -0.15) is 0 Å². The molecule has 1 aliphatic heterocycles. The molecule has 8 heteroatoms. The number of carbonyl (C=O) groups is 1. The Kier molecular flexibility index (Phi) is 6.13. The molecule has 3 aromatic carbocycles. The van der Waals surface area contributed by atoms with E-state index in [9.17, 15) is 13.6 Å². The summed E-state index contributed by atoms with van der Waals surface area (Å²) in [6, 6.07) is 16.4. The maximum absolute atomic E-state index is 13.5. The minimum atomic E-state index is -0.908. The number of halogens is 2. The summed E-state index contributed by atoms with van der Waals surface area (Å²) >= 11 is 0. The highest BCUT2D eigenvalue weighted by Crippen LogP contribution is 2.25. The normalized spacial score (nSPS) is 15.7. The van der Waals surface area contributed by atoms with Gasteiger partial charge in [-0.1, -0.05) is 18.2 Å². The molecule has 1 amide bonds. The maximum atomic E-state index is 13.5. The van der Waals surface area contributed by atoms with Gasteiger partial charge in [0.1, 0.15) is 5.82 Å². The van der Waals surface area contributed by atoms with E-state index >= 15 is 0 Å². The lowest BCUT2D eigenvalue weighted by Gasteiger charge is -2.21. The summed E-state index contributed by atoms with van der Waals surface area (Å²) < 4.78 is 26.7. The Morgan fingerprint density at radius 2 is 1.74 bits per heavy atom. The summed E-state index contributed by atoms with van der Waals surface area (Å²) in [5, 5.41) is 2.88. The molecule has 0 unspecified atom stereocenters. The Balaban J connectivity index is 1.28. The molecule has 2 heterocycles. The highest BCUT2D eigenvalue weighted by Gasteiger charge is 2.25. The lowest BCUT2D eigenvalue weighted by molar-refractivity contribution is 0.102. The molecule has 0 radical (unpaired) electrons. The van der Waals surface area contributed by atoms with E-state index in [4.69, 9.17) is 4.98 Å². The van der Waals surface area contributed by atoms with Crippen LogP contribution in [0.2, 0.25) is 0 Å². The molecule has 1 saturated heterocycles. The second-order valence-electron chi connectivity index (χ2n) is 8.94. The highest BCUT2D eigenvalue weighted by atomic mass is 19.2. The van der Waals surface area contributed by atoms with Crippen LogP contribution in [0.1, 0.15) is 16.8 Å². The minimum Gasteiger partial charge on any atom is -0.354 e. The number of hydrogen-bond donors (Lipinski definition) is 1. The van der Waals surface area contributed by atoms with E-state index in [1.807, 2.05) is 6.07 Å². The highest BCUT2D eigenvalue weighted by molar-refractivity contribution is 6.05. The van der Waals surface area contributed by atoms with Crippen molar-refractivity contribution in [2.75, 3.05) is 37.4 Å². The number of carbonyl (C=O) groups excluding carboxylic acids is 1. The van der Waals surface area contributed by atoms with Gasteiger partial charge in [0.05, 0.1) is 17.2 Å². The number of anilines is 2. The zero-order chi connectivity index (χ0) is 24.5. The standard InChI is InChI=1S/C27H25F2N5O/c1-33(2)21-11-12-34(16-21)26-15-30-25-14-20(8-10-24(25)32-26)31-27(35)18-5-3-17(4-6-18)19-7-9-22(28)23(29)13-19/h3-10,13-15,21H,11-12,16H2,1-2H3,(H,31,35)/t21-/m1/s1. The van der Waals surface area contributed by atoms with E-state index in [-0.39, 0.29) is 5.91 Å². The summed E-state index contributed by atoms with van der Waals surface area (Å²) in [4.78, 5) is 26.6. The molecule has 1 aromatic heterocycles. The third-order valence-corrected chi connectivity index (χ3v) is 6.41. The molecule has 4 aromatic rings. The number of hydrogen-bond acceptors (Lipinski definition) is 5. The van der Waals surface area contributed by atoms with Gasteiger partial charge < -0.3 is 15.1 Å². The van der Waals surface area contributed by atoms with Crippen molar-refractivity contribution in [3.63, 3.8) is 0 Å². The molecule has 178 valence electrons. The molecule has 0 bridgehead atoms. The fourth-order valence-electron chi connectivity index (χ4n) is 4.30. The van der Waals surface area contributed by atoms with E-state index in [2.05, 4.69) is 34.2 Å². The number of fused-ring (bicyclic) bond motifs is 1. The molecule has 1 N–H and O–H groups in total. The number of rotatable bonds is 5. The van der Waals surface area contributed by atoms with Crippen molar-refractivity contribution in [3.05, 3.63) is 84.1 Å². The second kappa shape index (κ2) is 9.38. The van der Waals surface area contributed by atoms with Crippen LogP contribution in [0.4, 0.5) is 20.3 Å². The van der Waals surface area contributed by atoms with Crippen LogP contribution in [-0.2, 0) is 0 Å². The predicted molar refractivity (Wildman–Crippen MR) is 134 cm³/mol. The fraction of sp³-hybridized carbons (Fsp3) is 0.222. The quantitative estimate of drug-likeness (QED) is 0.444. The van der Waals surface area contributed by atoms with E-state index in [0.29, 0.717) is 33.9 Å². The summed E-state index contributed by atoms with van der Waals surface area (Å²) in [5.74, 6) is -1.22. The van der Waals surface area contributed by atoms with Crippen molar-refractivity contribution >= 4 is 28.4 Å². The molecule has 0 aliphatic carbocycles. The number of nitrogens with zero attached hydrogens (tertiary/aromatic N) is 4. The first kappa shape index (κ1) is 22.9. The Morgan fingerprint density at radius 3 is 2.46 bits per heavy atom. The van der Waals surface area contributed by atoms with Gasteiger partial charge in [-0.15, -0.1) is 0 Å². The SMILES string of the molecule is CN(C)[C@@H]1CCN(c2cnc3cc(NC(=O)c4ccc(-c5ccc(F)c(F)c5)cc4)ccc3n2)C1. The van der Waals surface area contributed by atoms with Crippen molar-refractivity contribution in [1.82, 2.24) is 14.9 Å². The van der Waals surface area contributed by atoms with Gasteiger partial charge in [-0.05, 0) is 74.1 Å². The van der Waals surface area contributed by atoms with E-state index in [1.165, 1.54) is 6.07 Å². The summed E-state index contributed by atoms with van der Waals surface area (Å²) in [6.07, 6.45) is 2.88. The van der Waals surface area contributed by atoms with E-state index in [0.717, 1.165) is 43.0 Å². The lowest BCUT2D eigenvalue weighted by Crippen LogP contribution is -2.31. The monoisotopic (exact) mass is 473 g/mol. The molecule has 1 atom stereocenters. The van der Waals surface area contributed by atoms with Crippen LogP contribution >= 0.6 is 0 Å². The van der Waals surface area contributed by atoms with E-state index < -0.39 is 11.6 Å². The molecular formula is C27H25F2N5O. The zero-order valence-electron chi connectivity index (χ0n) is 19.5. The first-order chi connectivity index (χ1) is 16.9. The summed E-state index contributed by atoms with van der Waals surface area (Å²) in [7, 11) is 4.19. The van der Waals surface area contributed by atoms with Gasteiger partial charge in [0.25, 0.3) is 5.91 Å². The molecule has 5 rings (SSSR count). The Morgan fingerprint density at radius 1 is 0.971 bits per heavy atom. The second-order valence-corrected chi connectivity index (χ2v) is 8.94. The molecule has 1 aliphatic rings. The smallest absolute Gasteiger partial charge is 0.255 e. The third kappa shape index (κ3) is 4.83. The van der Waals surface area contributed by atoms with Gasteiger partial charge in [0.2, 0.25) is 0 Å². The number of amides is 1. The Labute approximate surface area is 202 Å². The molecule has 1 fully saturated rings. The van der Waals surface area contributed by atoms with Crippen molar-refractivity contribution < 1.29 is 13.6 Å². The van der Waals surface area contributed by atoms with Gasteiger partial charge in [0.15, 0.2) is 11.6 Å². The first-order valence-electron chi connectivity index (χ1n) is 11.4. The predicted octanol–water partition coefficient (Wildman–Crippen LogP) is 4.97. The number of likely N-dealkylation sites (N-methyl/N-ethyl adjacent to an activating group) is 1. The van der Waals surface area contributed by atoms with Crippen molar-refractivity contribution in [3.8, 4) is 11.1 Å². The Hall–Kier alpha value is -3.91. The maximum Gasteiger partial charge on any atom is 0.255 e. The average molecular weight is 474 g/mol. The largest absolute Gasteiger partial charge is 0.354 e. The van der Waals surface area contributed by atoms with Crippen LogP contribution < -0.4 is 10.2 Å².